The second kappa shape index (κ2) is 4.69. The van der Waals surface area contributed by atoms with Gasteiger partial charge in [0.15, 0.2) is 11.5 Å². The van der Waals surface area contributed by atoms with E-state index >= 15 is 0 Å². The summed E-state index contributed by atoms with van der Waals surface area (Å²) in [6.45, 7) is 0. The Balaban J connectivity index is 2.16. The average molecular weight is 356 g/mol. The summed E-state index contributed by atoms with van der Waals surface area (Å²) < 4.78 is 40.3. The number of halogens is 4. The third-order valence-electron chi connectivity index (χ3n) is 2.79. The number of alkyl halides is 3. The maximum absolute atomic E-state index is 12.8. The van der Waals surface area contributed by atoms with Crippen LogP contribution in [0, 0.1) is 0 Å². The van der Waals surface area contributed by atoms with Gasteiger partial charge >= 0.3 is 6.18 Å². The number of imidazole rings is 1. The summed E-state index contributed by atoms with van der Waals surface area (Å²) in [6, 6.07) is 3.96. The van der Waals surface area contributed by atoms with E-state index < -0.39 is 17.6 Å². The van der Waals surface area contributed by atoms with Crippen molar-refractivity contribution >= 4 is 27.4 Å². The zero-order valence-corrected chi connectivity index (χ0v) is 11.7. The van der Waals surface area contributed by atoms with E-state index in [-0.39, 0.29) is 11.3 Å². The number of nitrogens with zero attached hydrogens (tertiary/aromatic N) is 5. The summed E-state index contributed by atoms with van der Waals surface area (Å²) in [5, 5.41) is 4.18. The number of hydrogen-bond acceptors (Lipinski definition) is 3. The largest absolute Gasteiger partial charge is 0.420 e. The van der Waals surface area contributed by atoms with Crippen LogP contribution in [0.2, 0.25) is 0 Å². The summed E-state index contributed by atoms with van der Waals surface area (Å²) in [6.07, 6.45) is -2.03. The molecule has 0 aromatic carbocycles. The molecule has 3 aromatic rings. The van der Waals surface area contributed by atoms with Crippen LogP contribution in [0.1, 0.15) is 5.56 Å². The SMILES string of the molecule is [N]c1ncc(-c2ccc3ncc(Br)n3n2)cc1C(F)(F)F. The zero-order chi connectivity index (χ0) is 15.2. The van der Waals surface area contributed by atoms with Gasteiger partial charge in [-0.3, -0.25) is 0 Å². The molecule has 3 heterocycles. The van der Waals surface area contributed by atoms with Crippen LogP contribution in [-0.4, -0.2) is 19.6 Å². The quantitative estimate of drug-likeness (QED) is 0.672. The van der Waals surface area contributed by atoms with Gasteiger partial charge in [-0.05, 0) is 34.1 Å². The molecule has 0 saturated heterocycles. The van der Waals surface area contributed by atoms with Crippen LogP contribution in [0.15, 0.2) is 35.2 Å². The first kappa shape index (κ1) is 13.8. The Bertz CT molecular complexity index is 827. The Hall–Kier alpha value is -2.16. The lowest BCUT2D eigenvalue weighted by Gasteiger charge is -2.09. The van der Waals surface area contributed by atoms with Gasteiger partial charge < -0.3 is 0 Å². The summed E-state index contributed by atoms with van der Waals surface area (Å²) in [5.41, 5.74) is 8.99. The number of fused-ring (bicyclic) bond motifs is 1. The molecule has 3 rings (SSSR count). The van der Waals surface area contributed by atoms with Crippen molar-refractivity contribution < 1.29 is 13.2 Å². The minimum atomic E-state index is -4.69. The number of rotatable bonds is 1. The van der Waals surface area contributed by atoms with Crippen molar-refractivity contribution in [2.24, 2.45) is 0 Å². The van der Waals surface area contributed by atoms with Crippen LogP contribution < -0.4 is 5.73 Å². The molecule has 3 aromatic heterocycles. The Kier molecular flexibility index (Phi) is 3.08. The van der Waals surface area contributed by atoms with Crippen LogP contribution in [0.3, 0.4) is 0 Å². The molecule has 0 bridgehead atoms. The Morgan fingerprint density at radius 3 is 2.62 bits per heavy atom. The molecule has 106 valence electrons. The molecule has 0 spiro atoms. The molecular weight excluding hydrogens is 351 g/mol. The highest BCUT2D eigenvalue weighted by Gasteiger charge is 2.34. The molecule has 0 atom stereocenters. The highest BCUT2D eigenvalue weighted by atomic mass is 79.9. The average Bonchev–Trinajstić information content (AvgIpc) is 2.79. The fraction of sp³-hybridized carbons (Fsp3) is 0.0833. The maximum Gasteiger partial charge on any atom is 0.420 e. The Labute approximate surface area is 124 Å². The molecule has 0 aliphatic heterocycles. The molecule has 0 aliphatic carbocycles. The first-order valence-corrected chi connectivity index (χ1v) is 6.42. The van der Waals surface area contributed by atoms with Crippen molar-refractivity contribution in [2.75, 3.05) is 0 Å². The van der Waals surface area contributed by atoms with Gasteiger partial charge in [-0.2, -0.15) is 18.3 Å². The highest BCUT2D eigenvalue weighted by molar-refractivity contribution is 9.10. The number of pyridine rings is 1. The fourth-order valence-electron chi connectivity index (χ4n) is 1.81. The van der Waals surface area contributed by atoms with E-state index in [1.54, 1.807) is 6.07 Å². The molecule has 21 heavy (non-hydrogen) atoms. The lowest BCUT2D eigenvalue weighted by atomic mass is 10.1. The minimum absolute atomic E-state index is 0.141. The van der Waals surface area contributed by atoms with Gasteiger partial charge in [-0.25, -0.2) is 14.5 Å². The van der Waals surface area contributed by atoms with Crippen molar-refractivity contribution in [1.29, 1.82) is 0 Å². The topological polar surface area (TPSA) is 65.4 Å². The van der Waals surface area contributed by atoms with Gasteiger partial charge in [0, 0.05) is 11.8 Å². The summed E-state index contributed by atoms with van der Waals surface area (Å²) in [5.74, 6) is -1.06. The second-order valence-corrected chi connectivity index (χ2v) is 4.97. The van der Waals surface area contributed by atoms with Crippen molar-refractivity contribution in [3.05, 3.63) is 40.8 Å². The molecule has 0 amide bonds. The lowest BCUT2D eigenvalue weighted by molar-refractivity contribution is -0.137. The van der Waals surface area contributed by atoms with Gasteiger partial charge in [0.2, 0.25) is 0 Å². The fourth-order valence-corrected chi connectivity index (χ4v) is 2.17. The number of aromatic nitrogens is 4. The molecule has 0 aliphatic rings. The normalized spacial score (nSPS) is 12.0. The van der Waals surface area contributed by atoms with E-state index in [1.807, 2.05) is 0 Å². The van der Waals surface area contributed by atoms with Gasteiger partial charge in [-0.15, -0.1) is 5.73 Å². The summed E-state index contributed by atoms with van der Waals surface area (Å²) in [4.78, 5) is 7.41. The first-order valence-electron chi connectivity index (χ1n) is 5.63. The lowest BCUT2D eigenvalue weighted by Crippen LogP contribution is -2.08. The molecule has 0 saturated carbocycles. The van der Waals surface area contributed by atoms with Gasteiger partial charge in [0.25, 0.3) is 0 Å². The van der Waals surface area contributed by atoms with Crippen molar-refractivity contribution in [1.82, 2.24) is 25.3 Å². The van der Waals surface area contributed by atoms with Gasteiger partial charge in [-0.1, -0.05) is 0 Å². The van der Waals surface area contributed by atoms with Crippen molar-refractivity contribution in [3.63, 3.8) is 0 Å². The molecule has 0 N–H and O–H groups in total. The molecule has 9 heteroatoms. The van der Waals surface area contributed by atoms with Crippen LogP contribution in [0.25, 0.3) is 16.9 Å². The summed E-state index contributed by atoms with van der Waals surface area (Å²) >= 11 is 3.23. The van der Waals surface area contributed by atoms with Crippen LogP contribution in [0.4, 0.5) is 19.0 Å². The predicted molar refractivity (Wildman–Crippen MR) is 70.7 cm³/mol. The van der Waals surface area contributed by atoms with E-state index in [0.29, 0.717) is 10.3 Å². The van der Waals surface area contributed by atoms with E-state index in [2.05, 4.69) is 31.0 Å². The van der Waals surface area contributed by atoms with E-state index in [4.69, 9.17) is 0 Å². The maximum atomic E-state index is 12.8. The minimum Gasteiger partial charge on any atom is -0.234 e. The molecule has 5 nitrogen and oxygen atoms in total. The monoisotopic (exact) mass is 355 g/mol. The Morgan fingerprint density at radius 1 is 1.14 bits per heavy atom. The predicted octanol–water partition coefficient (Wildman–Crippen LogP) is 3.27. The van der Waals surface area contributed by atoms with E-state index in [1.165, 1.54) is 16.8 Å². The molecule has 2 radical (unpaired) electrons. The van der Waals surface area contributed by atoms with Crippen LogP contribution in [0.5, 0.6) is 0 Å². The van der Waals surface area contributed by atoms with Gasteiger partial charge in [0.05, 0.1) is 11.9 Å². The van der Waals surface area contributed by atoms with E-state index in [9.17, 15) is 18.9 Å². The second-order valence-electron chi connectivity index (χ2n) is 4.16. The first-order chi connectivity index (χ1) is 9.86. The third-order valence-corrected chi connectivity index (χ3v) is 3.33. The highest BCUT2D eigenvalue weighted by Crippen LogP contribution is 2.35. The van der Waals surface area contributed by atoms with Gasteiger partial charge in [0.1, 0.15) is 10.2 Å². The molecule has 0 unspecified atom stereocenters. The molecule has 0 fully saturated rings. The molecular formula is C12H5BrF3N5. The zero-order valence-electron chi connectivity index (χ0n) is 10.1. The van der Waals surface area contributed by atoms with Crippen molar-refractivity contribution in [3.8, 4) is 11.3 Å². The van der Waals surface area contributed by atoms with Crippen LogP contribution >= 0.6 is 15.9 Å². The van der Waals surface area contributed by atoms with Crippen LogP contribution in [-0.2, 0) is 6.18 Å². The van der Waals surface area contributed by atoms with E-state index in [0.717, 1.165) is 12.3 Å². The number of hydrogen-bond donors (Lipinski definition) is 0. The third kappa shape index (κ3) is 2.44. The standard InChI is InChI=1S/C12H5BrF3N5/c13-9-5-18-10-2-1-8(20-21(9)10)6-3-7(12(14,15)16)11(17)19-4-6/h1-5H. The Morgan fingerprint density at radius 2 is 1.90 bits per heavy atom. The van der Waals surface area contributed by atoms with Crippen molar-refractivity contribution in [2.45, 2.75) is 6.18 Å². The summed E-state index contributed by atoms with van der Waals surface area (Å²) in [7, 11) is 0. The smallest absolute Gasteiger partial charge is 0.234 e.